The highest BCUT2D eigenvalue weighted by Crippen LogP contribution is 2.29. The van der Waals surface area contributed by atoms with Gasteiger partial charge in [0.1, 0.15) is 10.7 Å². The molecule has 10 heteroatoms. The lowest BCUT2D eigenvalue weighted by Crippen LogP contribution is -2.19. The fourth-order valence-electron chi connectivity index (χ4n) is 2.27. The summed E-state index contributed by atoms with van der Waals surface area (Å²) in [7, 11) is -0.294. The van der Waals surface area contributed by atoms with Gasteiger partial charge in [-0.15, -0.1) is 11.3 Å². The van der Waals surface area contributed by atoms with Crippen LogP contribution >= 0.6 is 22.7 Å². The third-order valence-electron chi connectivity index (χ3n) is 3.53. The first-order chi connectivity index (χ1) is 12.3. The van der Waals surface area contributed by atoms with Crippen molar-refractivity contribution in [2.45, 2.75) is 4.90 Å². The minimum Gasteiger partial charge on any atom is -0.376 e. The van der Waals surface area contributed by atoms with Gasteiger partial charge in [0.2, 0.25) is 10.0 Å². The highest BCUT2D eigenvalue weighted by atomic mass is 32.2. The van der Waals surface area contributed by atoms with E-state index < -0.39 is 15.9 Å². The van der Waals surface area contributed by atoms with Gasteiger partial charge < -0.3 is 10.2 Å². The van der Waals surface area contributed by atoms with Crippen LogP contribution in [0.3, 0.4) is 0 Å². The van der Waals surface area contributed by atoms with Gasteiger partial charge in [-0.05, 0) is 29.6 Å². The zero-order valence-electron chi connectivity index (χ0n) is 14.0. The summed E-state index contributed by atoms with van der Waals surface area (Å²) in [6, 6.07) is 6.27. The summed E-state index contributed by atoms with van der Waals surface area (Å²) in [4.78, 5) is 18.6. The molecule has 7 nitrogen and oxygen atoms in total. The van der Waals surface area contributed by atoms with Crippen LogP contribution in [0, 0.1) is 0 Å². The average molecular weight is 409 g/mol. The van der Waals surface area contributed by atoms with Gasteiger partial charge in [0.15, 0.2) is 0 Å². The van der Waals surface area contributed by atoms with E-state index in [1.54, 1.807) is 41.8 Å². The van der Waals surface area contributed by atoms with Gasteiger partial charge in [0.25, 0.3) is 5.91 Å². The van der Waals surface area contributed by atoms with Crippen LogP contribution < -0.4 is 15.4 Å². The number of carbonyl (C=O) groups is 1. The number of thiophene rings is 1. The number of hydrogen-bond acceptors (Lipinski definition) is 7. The van der Waals surface area contributed by atoms with E-state index in [1.807, 2.05) is 16.8 Å². The van der Waals surface area contributed by atoms with Crippen LogP contribution in [0.2, 0.25) is 0 Å². The SMILES string of the molecule is CN(C)c1ccc(S(N)(=O)=O)cc1NC(=O)c1csc(-c2ccsc2)n1. The van der Waals surface area contributed by atoms with Gasteiger partial charge in [-0.25, -0.2) is 18.5 Å². The van der Waals surface area contributed by atoms with Crippen LogP contribution in [0.5, 0.6) is 0 Å². The Labute approximate surface area is 159 Å². The number of carbonyl (C=O) groups excluding carboxylic acids is 1. The lowest BCUT2D eigenvalue weighted by Gasteiger charge is -2.18. The maximum atomic E-state index is 12.6. The molecule has 0 radical (unpaired) electrons. The van der Waals surface area contributed by atoms with Crippen LogP contribution in [-0.4, -0.2) is 33.4 Å². The lowest BCUT2D eigenvalue weighted by atomic mass is 10.2. The molecule has 0 saturated heterocycles. The number of hydrogen-bond donors (Lipinski definition) is 2. The first-order valence-electron chi connectivity index (χ1n) is 7.39. The number of nitrogens with zero attached hydrogens (tertiary/aromatic N) is 2. The third-order valence-corrected chi connectivity index (χ3v) is 6.02. The van der Waals surface area contributed by atoms with Crippen molar-refractivity contribution in [1.29, 1.82) is 0 Å². The summed E-state index contributed by atoms with van der Waals surface area (Å²) in [5.74, 6) is -0.419. The second-order valence-corrected chi connectivity index (χ2v) is 8.82. The quantitative estimate of drug-likeness (QED) is 0.675. The van der Waals surface area contributed by atoms with E-state index in [0.29, 0.717) is 11.4 Å². The number of primary sulfonamides is 1. The van der Waals surface area contributed by atoms with Crippen molar-refractivity contribution in [2.24, 2.45) is 5.14 Å². The summed E-state index contributed by atoms with van der Waals surface area (Å²) in [5, 5.41) is 14.2. The molecule has 3 rings (SSSR count). The second kappa shape index (κ2) is 7.16. The number of amides is 1. The molecule has 0 fully saturated rings. The molecular formula is C16H16N4O3S3. The number of nitrogens with one attached hydrogen (secondary N) is 1. The van der Waals surface area contributed by atoms with Crippen LogP contribution in [0.1, 0.15) is 10.5 Å². The Morgan fingerprint density at radius 1 is 1.23 bits per heavy atom. The fraction of sp³-hybridized carbons (Fsp3) is 0.125. The molecule has 3 aromatic rings. The standard InChI is InChI=1S/C16H16N4O3S3/c1-20(2)14-4-3-11(26(17,22)23)7-12(14)18-15(21)13-9-25-16(19-13)10-5-6-24-8-10/h3-9H,1-2H3,(H,18,21)(H2,17,22,23). The van der Waals surface area contributed by atoms with E-state index in [1.165, 1.54) is 23.5 Å². The number of aromatic nitrogens is 1. The summed E-state index contributed by atoms with van der Waals surface area (Å²) < 4.78 is 23.2. The minimum absolute atomic E-state index is 0.0735. The number of nitrogens with two attached hydrogens (primary N) is 1. The Balaban J connectivity index is 1.91. The van der Waals surface area contributed by atoms with E-state index in [9.17, 15) is 13.2 Å². The first kappa shape index (κ1) is 18.5. The normalized spacial score (nSPS) is 11.3. The molecular weight excluding hydrogens is 392 g/mol. The molecule has 1 aromatic carbocycles. The molecule has 3 N–H and O–H groups in total. The van der Waals surface area contributed by atoms with Gasteiger partial charge in [-0.3, -0.25) is 4.79 Å². The van der Waals surface area contributed by atoms with Gasteiger partial charge in [-0.2, -0.15) is 11.3 Å². The van der Waals surface area contributed by atoms with Crippen molar-refractivity contribution in [2.75, 3.05) is 24.3 Å². The maximum absolute atomic E-state index is 12.6. The molecule has 2 heterocycles. The van der Waals surface area contributed by atoms with Crippen LogP contribution in [0.25, 0.3) is 10.6 Å². The topological polar surface area (TPSA) is 105 Å². The predicted octanol–water partition coefficient (Wildman–Crippen LogP) is 2.84. The summed E-state index contributed by atoms with van der Waals surface area (Å²) in [6.07, 6.45) is 0. The van der Waals surface area contributed by atoms with Crippen LogP contribution in [-0.2, 0) is 10.0 Å². The number of benzene rings is 1. The number of sulfonamides is 1. The van der Waals surface area contributed by atoms with E-state index in [-0.39, 0.29) is 10.6 Å². The molecule has 1 amide bonds. The van der Waals surface area contributed by atoms with Crippen molar-refractivity contribution in [3.63, 3.8) is 0 Å². The highest BCUT2D eigenvalue weighted by Gasteiger charge is 2.17. The Morgan fingerprint density at radius 2 is 2.00 bits per heavy atom. The molecule has 0 aliphatic rings. The van der Waals surface area contributed by atoms with Gasteiger partial charge in [-0.1, -0.05) is 0 Å². The van der Waals surface area contributed by atoms with Gasteiger partial charge >= 0.3 is 0 Å². The molecule has 0 saturated carbocycles. The smallest absolute Gasteiger partial charge is 0.275 e. The van der Waals surface area contributed by atoms with Crippen molar-refractivity contribution in [3.05, 3.63) is 46.1 Å². The summed E-state index contributed by atoms with van der Waals surface area (Å²) in [5.41, 5.74) is 2.22. The van der Waals surface area contributed by atoms with Crippen molar-refractivity contribution in [1.82, 2.24) is 4.98 Å². The number of rotatable bonds is 5. The maximum Gasteiger partial charge on any atom is 0.275 e. The Bertz CT molecular complexity index is 1040. The van der Waals surface area contributed by atoms with Crippen molar-refractivity contribution >= 4 is 50.0 Å². The van der Waals surface area contributed by atoms with Crippen molar-refractivity contribution < 1.29 is 13.2 Å². The molecule has 0 aliphatic carbocycles. The molecule has 0 spiro atoms. The number of anilines is 2. The largest absolute Gasteiger partial charge is 0.376 e. The Morgan fingerprint density at radius 3 is 2.62 bits per heavy atom. The molecule has 2 aromatic heterocycles. The van der Waals surface area contributed by atoms with Crippen LogP contribution in [0.4, 0.5) is 11.4 Å². The van der Waals surface area contributed by atoms with Gasteiger partial charge in [0, 0.05) is 30.4 Å². The number of thiazole rings is 1. The second-order valence-electron chi connectivity index (χ2n) is 5.62. The fourth-order valence-corrected chi connectivity index (χ4v) is 4.32. The molecule has 0 unspecified atom stereocenters. The molecule has 0 aliphatic heterocycles. The van der Waals surface area contributed by atoms with Gasteiger partial charge in [0.05, 0.1) is 16.3 Å². The highest BCUT2D eigenvalue weighted by molar-refractivity contribution is 7.89. The molecule has 26 heavy (non-hydrogen) atoms. The third kappa shape index (κ3) is 3.93. The van der Waals surface area contributed by atoms with E-state index in [0.717, 1.165) is 10.6 Å². The van der Waals surface area contributed by atoms with E-state index in [2.05, 4.69) is 10.3 Å². The Hall–Kier alpha value is -2.27. The molecule has 0 bridgehead atoms. The average Bonchev–Trinajstić information content (AvgIpc) is 3.25. The van der Waals surface area contributed by atoms with E-state index in [4.69, 9.17) is 5.14 Å². The minimum atomic E-state index is -3.88. The first-order valence-corrected chi connectivity index (χ1v) is 10.8. The van der Waals surface area contributed by atoms with E-state index >= 15 is 0 Å². The van der Waals surface area contributed by atoms with Crippen LogP contribution in [0.15, 0.2) is 45.3 Å². The predicted molar refractivity (Wildman–Crippen MR) is 106 cm³/mol. The zero-order chi connectivity index (χ0) is 18.9. The zero-order valence-corrected chi connectivity index (χ0v) is 16.4. The Kier molecular flexibility index (Phi) is 5.10. The summed E-state index contributed by atoms with van der Waals surface area (Å²) in [6.45, 7) is 0. The monoisotopic (exact) mass is 408 g/mol. The lowest BCUT2D eigenvalue weighted by molar-refractivity contribution is 0.102. The molecule has 0 atom stereocenters. The van der Waals surface area contributed by atoms with Crippen molar-refractivity contribution in [3.8, 4) is 10.6 Å². The summed E-state index contributed by atoms with van der Waals surface area (Å²) >= 11 is 2.93. The molecule has 136 valence electrons.